The topological polar surface area (TPSA) is 33.4 Å². The first-order chi connectivity index (χ1) is 7.12. The van der Waals surface area contributed by atoms with Crippen LogP contribution in [0.4, 0.5) is 0 Å². The fourth-order valence-electron chi connectivity index (χ4n) is 1.54. The van der Waals surface area contributed by atoms with E-state index in [1.54, 1.807) is 25.3 Å². The predicted molar refractivity (Wildman–Crippen MR) is 61.5 cm³/mol. The summed E-state index contributed by atoms with van der Waals surface area (Å²) in [5.74, 6) is 0.536. The number of halogens is 1. The van der Waals surface area contributed by atoms with Crippen LogP contribution in [0, 0.1) is 0 Å². The Morgan fingerprint density at radius 3 is 2.53 bits per heavy atom. The maximum absolute atomic E-state index is 10.4. The number of rotatable bonds is 2. The van der Waals surface area contributed by atoms with Gasteiger partial charge < -0.3 is 9.52 Å². The van der Waals surface area contributed by atoms with Crippen LogP contribution < -0.4 is 0 Å². The van der Waals surface area contributed by atoms with E-state index in [0.717, 1.165) is 10.0 Å². The smallest absolute Gasteiger partial charge is 0.145 e. The maximum Gasteiger partial charge on any atom is 0.145 e. The Bertz CT molecular complexity index is 446. The summed E-state index contributed by atoms with van der Waals surface area (Å²) < 4.78 is 6.10. The molecule has 0 amide bonds. The van der Waals surface area contributed by atoms with Gasteiger partial charge in [-0.05, 0) is 25.1 Å². The summed E-state index contributed by atoms with van der Waals surface area (Å²) in [5.41, 5.74) is -0.316. The van der Waals surface area contributed by atoms with Crippen molar-refractivity contribution in [3.63, 3.8) is 0 Å². The molecule has 2 nitrogen and oxygen atoms in total. The highest BCUT2D eigenvalue weighted by Gasteiger charge is 2.30. The van der Waals surface area contributed by atoms with Crippen LogP contribution in [0.5, 0.6) is 0 Å². The van der Waals surface area contributed by atoms with Crippen molar-refractivity contribution in [1.29, 1.82) is 0 Å². The summed E-state index contributed by atoms with van der Waals surface area (Å²) in [4.78, 5) is 0. The van der Waals surface area contributed by atoms with Crippen molar-refractivity contribution < 1.29 is 9.52 Å². The Balaban J connectivity index is 2.51. The molecule has 3 heteroatoms. The van der Waals surface area contributed by atoms with Crippen molar-refractivity contribution in [3.05, 3.63) is 58.5 Å². The number of hydrogen-bond acceptors (Lipinski definition) is 2. The molecule has 15 heavy (non-hydrogen) atoms. The molecule has 1 N–H and O–H groups in total. The number of furan rings is 1. The van der Waals surface area contributed by atoms with E-state index in [1.807, 2.05) is 24.3 Å². The summed E-state index contributed by atoms with van der Waals surface area (Å²) in [6, 6.07) is 11.1. The summed E-state index contributed by atoms with van der Waals surface area (Å²) in [6.45, 7) is 1.71. The average molecular weight is 267 g/mol. The normalized spacial score (nSPS) is 14.9. The largest absolute Gasteiger partial charge is 0.466 e. The number of benzene rings is 1. The molecule has 0 aliphatic rings. The summed E-state index contributed by atoms with van der Waals surface area (Å²) in [7, 11) is 0. The third-order valence-electron chi connectivity index (χ3n) is 2.40. The van der Waals surface area contributed by atoms with Gasteiger partial charge in [0.1, 0.15) is 11.4 Å². The SMILES string of the molecule is CC(O)(c1ccco1)c1ccccc1Br. The zero-order valence-corrected chi connectivity index (χ0v) is 9.86. The molecule has 0 saturated carbocycles. The second kappa shape index (κ2) is 3.83. The highest BCUT2D eigenvalue weighted by atomic mass is 79.9. The van der Waals surface area contributed by atoms with Crippen LogP contribution in [-0.2, 0) is 5.60 Å². The fourth-order valence-corrected chi connectivity index (χ4v) is 2.22. The predicted octanol–water partition coefficient (Wildman–Crippen LogP) is 3.30. The fraction of sp³-hybridized carbons (Fsp3) is 0.167. The number of aliphatic hydroxyl groups is 1. The van der Waals surface area contributed by atoms with Crippen LogP contribution in [0.15, 0.2) is 51.6 Å². The summed E-state index contributed by atoms with van der Waals surface area (Å²) >= 11 is 3.42. The first kappa shape index (κ1) is 10.5. The zero-order valence-electron chi connectivity index (χ0n) is 8.27. The van der Waals surface area contributed by atoms with Gasteiger partial charge in [0.25, 0.3) is 0 Å². The van der Waals surface area contributed by atoms with E-state index in [-0.39, 0.29) is 0 Å². The molecule has 2 rings (SSSR count). The van der Waals surface area contributed by atoms with Gasteiger partial charge in [0.2, 0.25) is 0 Å². The van der Waals surface area contributed by atoms with Gasteiger partial charge in [0.05, 0.1) is 6.26 Å². The molecule has 1 heterocycles. The van der Waals surface area contributed by atoms with Crippen molar-refractivity contribution >= 4 is 15.9 Å². The van der Waals surface area contributed by atoms with E-state index in [1.165, 1.54) is 0 Å². The van der Waals surface area contributed by atoms with Crippen molar-refractivity contribution in [2.75, 3.05) is 0 Å². The Morgan fingerprint density at radius 1 is 1.20 bits per heavy atom. The van der Waals surface area contributed by atoms with Gasteiger partial charge in [0.15, 0.2) is 0 Å². The highest BCUT2D eigenvalue weighted by molar-refractivity contribution is 9.10. The summed E-state index contributed by atoms with van der Waals surface area (Å²) in [6.07, 6.45) is 1.56. The van der Waals surface area contributed by atoms with Crippen molar-refractivity contribution in [2.45, 2.75) is 12.5 Å². The lowest BCUT2D eigenvalue weighted by Gasteiger charge is -2.22. The average Bonchev–Trinajstić information content (AvgIpc) is 2.71. The van der Waals surface area contributed by atoms with Gasteiger partial charge in [-0.1, -0.05) is 34.1 Å². The molecule has 1 atom stereocenters. The minimum absolute atomic E-state index is 0.536. The minimum atomic E-state index is -1.11. The standard InChI is InChI=1S/C12H11BrO2/c1-12(14,11-7-4-8-15-11)9-5-2-3-6-10(9)13/h2-8,14H,1H3. The third kappa shape index (κ3) is 1.85. The molecule has 0 fully saturated rings. The second-order valence-corrected chi connectivity index (χ2v) is 4.38. The number of hydrogen-bond donors (Lipinski definition) is 1. The van der Waals surface area contributed by atoms with Gasteiger partial charge in [-0.15, -0.1) is 0 Å². The Morgan fingerprint density at radius 2 is 1.93 bits per heavy atom. The molecule has 0 radical (unpaired) electrons. The monoisotopic (exact) mass is 266 g/mol. The van der Waals surface area contributed by atoms with Crippen LogP contribution in [0.25, 0.3) is 0 Å². The van der Waals surface area contributed by atoms with Crippen LogP contribution >= 0.6 is 15.9 Å². The molecule has 78 valence electrons. The Kier molecular flexibility index (Phi) is 2.67. The second-order valence-electron chi connectivity index (χ2n) is 3.53. The van der Waals surface area contributed by atoms with Crippen molar-refractivity contribution in [1.82, 2.24) is 0 Å². The Labute approximate surface area is 96.7 Å². The van der Waals surface area contributed by atoms with Gasteiger partial charge in [-0.25, -0.2) is 0 Å². The van der Waals surface area contributed by atoms with E-state index < -0.39 is 5.60 Å². The molecule has 1 aromatic heterocycles. The molecule has 0 aliphatic carbocycles. The van der Waals surface area contributed by atoms with E-state index in [0.29, 0.717) is 5.76 Å². The maximum atomic E-state index is 10.4. The molecule has 0 bridgehead atoms. The molecule has 0 spiro atoms. The minimum Gasteiger partial charge on any atom is -0.466 e. The van der Waals surface area contributed by atoms with Crippen LogP contribution in [0.3, 0.4) is 0 Å². The molecule has 0 saturated heterocycles. The van der Waals surface area contributed by atoms with Crippen LogP contribution in [0.1, 0.15) is 18.2 Å². The molecule has 1 unspecified atom stereocenters. The quantitative estimate of drug-likeness (QED) is 0.905. The first-order valence-corrected chi connectivity index (χ1v) is 5.43. The van der Waals surface area contributed by atoms with Gasteiger partial charge in [0, 0.05) is 10.0 Å². The Hall–Kier alpha value is -1.06. The van der Waals surface area contributed by atoms with Crippen molar-refractivity contribution in [2.24, 2.45) is 0 Å². The van der Waals surface area contributed by atoms with E-state index in [9.17, 15) is 5.11 Å². The third-order valence-corrected chi connectivity index (χ3v) is 3.09. The molecular weight excluding hydrogens is 256 g/mol. The molecule has 2 aromatic rings. The van der Waals surface area contributed by atoms with Crippen LogP contribution in [-0.4, -0.2) is 5.11 Å². The molecular formula is C12H11BrO2. The van der Waals surface area contributed by atoms with Crippen molar-refractivity contribution in [3.8, 4) is 0 Å². The molecule has 0 aliphatic heterocycles. The first-order valence-electron chi connectivity index (χ1n) is 4.64. The lowest BCUT2D eigenvalue weighted by molar-refractivity contribution is 0.0760. The van der Waals surface area contributed by atoms with E-state index in [4.69, 9.17) is 4.42 Å². The molecule has 1 aromatic carbocycles. The van der Waals surface area contributed by atoms with E-state index >= 15 is 0 Å². The highest BCUT2D eigenvalue weighted by Crippen LogP contribution is 2.33. The lowest BCUT2D eigenvalue weighted by atomic mass is 9.93. The van der Waals surface area contributed by atoms with Gasteiger partial charge in [-0.2, -0.15) is 0 Å². The van der Waals surface area contributed by atoms with E-state index in [2.05, 4.69) is 15.9 Å². The van der Waals surface area contributed by atoms with Gasteiger partial charge >= 0.3 is 0 Å². The van der Waals surface area contributed by atoms with Crippen LogP contribution in [0.2, 0.25) is 0 Å². The summed E-state index contributed by atoms with van der Waals surface area (Å²) in [5, 5.41) is 10.4. The lowest BCUT2D eigenvalue weighted by Crippen LogP contribution is -2.22. The van der Waals surface area contributed by atoms with Gasteiger partial charge in [-0.3, -0.25) is 0 Å². The zero-order chi connectivity index (χ0) is 10.9.